The van der Waals surface area contributed by atoms with Gasteiger partial charge in [-0.15, -0.1) is 0 Å². The number of hydrogen-bond donors (Lipinski definition) is 0. The molecule has 144 valence electrons. The van der Waals surface area contributed by atoms with E-state index in [1.54, 1.807) is 78.9 Å². The number of rotatable bonds is 6. The van der Waals surface area contributed by atoms with Crippen LogP contribution in [0, 0.1) is 0 Å². The number of carbonyl (C=O) groups is 3. The molecule has 0 bridgehead atoms. The molecule has 0 aliphatic rings. The van der Waals surface area contributed by atoms with E-state index in [4.69, 9.17) is 4.74 Å². The summed E-state index contributed by atoms with van der Waals surface area (Å²) in [6.45, 7) is 3.00. The van der Waals surface area contributed by atoms with Gasteiger partial charge in [0.2, 0.25) is 0 Å². The Morgan fingerprint density at radius 3 is 1.66 bits per heavy atom. The zero-order valence-corrected chi connectivity index (χ0v) is 16.2. The molecule has 0 amide bonds. The zero-order chi connectivity index (χ0) is 20.8. The highest BCUT2D eigenvalue weighted by atomic mass is 16.5. The second-order valence-electron chi connectivity index (χ2n) is 6.57. The molecule has 3 aromatic carbocycles. The number of para-hydroxylation sites is 1. The molecule has 0 saturated heterocycles. The van der Waals surface area contributed by atoms with Gasteiger partial charge >= 0.3 is 5.97 Å². The van der Waals surface area contributed by atoms with Gasteiger partial charge in [-0.3, -0.25) is 9.59 Å². The quantitative estimate of drug-likeness (QED) is 0.192. The topological polar surface area (TPSA) is 60.4 Å². The molecule has 3 aromatic rings. The second-order valence-corrected chi connectivity index (χ2v) is 6.57. The summed E-state index contributed by atoms with van der Waals surface area (Å²) in [6, 6.07) is 22.6. The van der Waals surface area contributed by atoms with Crippen molar-refractivity contribution in [1.82, 2.24) is 0 Å². The van der Waals surface area contributed by atoms with Crippen LogP contribution in [0.15, 0.2) is 78.9 Å². The van der Waals surface area contributed by atoms with Crippen molar-refractivity contribution < 1.29 is 19.1 Å². The standard InChI is InChI=1S/C25H20O4/c1-17(26)20-10-8-19(9-11-20)16-24(22-14-12-21(13-15-22)18(2)27)25(28)29-23-6-4-3-5-7-23/h3-16H,1-2H3/b24-16+. The molecule has 0 radical (unpaired) electrons. The summed E-state index contributed by atoms with van der Waals surface area (Å²) >= 11 is 0. The molecule has 0 unspecified atom stereocenters. The maximum atomic E-state index is 12.9. The van der Waals surface area contributed by atoms with Gasteiger partial charge in [0, 0.05) is 11.1 Å². The molecule has 0 fully saturated rings. The lowest BCUT2D eigenvalue weighted by molar-refractivity contribution is -0.127. The van der Waals surface area contributed by atoms with E-state index in [0.29, 0.717) is 28.0 Å². The minimum atomic E-state index is -0.512. The van der Waals surface area contributed by atoms with Crippen LogP contribution in [0.25, 0.3) is 11.6 Å². The van der Waals surface area contributed by atoms with Crippen molar-refractivity contribution in [2.75, 3.05) is 0 Å². The Hall–Kier alpha value is -3.79. The van der Waals surface area contributed by atoms with Gasteiger partial charge in [0.05, 0.1) is 5.57 Å². The number of carbonyl (C=O) groups excluding carboxylic acids is 3. The maximum absolute atomic E-state index is 12.9. The molecular weight excluding hydrogens is 364 g/mol. The van der Waals surface area contributed by atoms with E-state index in [0.717, 1.165) is 5.56 Å². The lowest BCUT2D eigenvalue weighted by atomic mass is 9.99. The van der Waals surface area contributed by atoms with Crippen molar-refractivity contribution in [2.45, 2.75) is 13.8 Å². The molecule has 4 heteroatoms. The van der Waals surface area contributed by atoms with E-state index in [-0.39, 0.29) is 11.6 Å². The molecule has 0 atom stereocenters. The van der Waals surface area contributed by atoms with E-state index in [2.05, 4.69) is 0 Å². The number of esters is 1. The van der Waals surface area contributed by atoms with E-state index < -0.39 is 5.97 Å². The first-order chi connectivity index (χ1) is 13.9. The summed E-state index contributed by atoms with van der Waals surface area (Å²) < 4.78 is 5.51. The third-order valence-corrected chi connectivity index (χ3v) is 4.40. The molecule has 0 N–H and O–H groups in total. The molecule has 3 rings (SSSR count). The van der Waals surface area contributed by atoms with Gasteiger partial charge in [-0.25, -0.2) is 4.79 Å². The van der Waals surface area contributed by atoms with Crippen molar-refractivity contribution >= 4 is 29.2 Å². The third-order valence-electron chi connectivity index (χ3n) is 4.40. The Balaban J connectivity index is 1.99. The van der Waals surface area contributed by atoms with Gasteiger partial charge in [-0.05, 0) is 43.2 Å². The highest BCUT2D eigenvalue weighted by Gasteiger charge is 2.15. The molecule has 0 spiro atoms. The predicted octanol–water partition coefficient (Wildman–Crippen LogP) is 5.24. The summed E-state index contributed by atoms with van der Waals surface area (Å²) in [4.78, 5) is 35.9. The average molecular weight is 384 g/mol. The van der Waals surface area contributed by atoms with Crippen LogP contribution in [-0.2, 0) is 4.79 Å². The predicted molar refractivity (Wildman–Crippen MR) is 113 cm³/mol. The smallest absolute Gasteiger partial charge is 0.344 e. The molecule has 0 heterocycles. The first-order valence-corrected chi connectivity index (χ1v) is 9.15. The monoisotopic (exact) mass is 384 g/mol. The van der Waals surface area contributed by atoms with Crippen molar-refractivity contribution in [3.63, 3.8) is 0 Å². The van der Waals surface area contributed by atoms with Crippen LogP contribution in [0.4, 0.5) is 0 Å². The molecule has 29 heavy (non-hydrogen) atoms. The lowest BCUT2D eigenvalue weighted by Gasteiger charge is -2.10. The first-order valence-electron chi connectivity index (χ1n) is 9.15. The summed E-state index contributed by atoms with van der Waals surface area (Å²) in [5, 5.41) is 0. The van der Waals surface area contributed by atoms with Crippen LogP contribution in [0.5, 0.6) is 5.75 Å². The Morgan fingerprint density at radius 1 is 0.655 bits per heavy atom. The Morgan fingerprint density at radius 2 is 1.14 bits per heavy atom. The number of ether oxygens (including phenoxy) is 1. The summed E-state index contributed by atoms with van der Waals surface area (Å²) in [5.41, 5.74) is 2.90. The normalized spacial score (nSPS) is 11.0. The molecule has 0 saturated carbocycles. The van der Waals surface area contributed by atoms with E-state index in [1.165, 1.54) is 13.8 Å². The molecule has 4 nitrogen and oxygen atoms in total. The van der Waals surface area contributed by atoms with Crippen LogP contribution in [-0.4, -0.2) is 17.5 Å². The molecule has 0 aliphatic carbocycles. The first kappa shape index (κ1) is 20.0. The minimum Gasteiger partial charge on any atom is -0.423 e. The average Bonchev–Trinajstić information content (AvgIpc) is 2.73. The SMILES string of the molecule is CC(=O)c1ccc(/C=C(/C(=O)Oc2ccccc2)c2ccc(C(C)=O)cc2)cc1. The second kappa shape index (κ2) is 8.93. The fourth-order valence-electron chi connectivity index (χ4n) is 2.78. The lowest BCUT2D eigenvalue weighted by Crippen LogP contribution is -2.10. The van der Waals surface area contributed by atoms with Gasteiger partial charge < -0.3 is 4.74 Å². The third kappa shape index (κ3) is 5.14. The number of hydrogen-bond acceptors (Lipinski definition) is 4. The molecule has 0 aliphatic heterocycles. The Bertz CT molecular complexity index is 1060. The van der Waals surface area contributed by atoms with Crippen LogP contribution < -0.4 is 4.74 Å². The largest absolute Gasteiger partial charge is 0.423 e. The molecular formula is C25H20O4. The summed E-state index contributed by atoms with van der Waals surface area (Å²) in [7, 11) is 0. The van der Waals surface area contributed by atoms with Crippen molar-refractivity contribution in [3.8, 4) is 5.75 Å². The van der Waals surface area contributed by atoms with Gasteiger partial charge in [0.25, 0.3) is 0 Å². The Labute approximate surface area is 169 Å². The zero-order valence-electron chi connectivity index (χ0n) is 16.2. The van der Waals surface area contributed by atoms with Crippen molar-refractivity contribution in [3.05, 3.63) is 101 Å². The van der Waals surface area contributed by atoms with Crippen molar-refractivity contribution in [2.24, 2.45) is 0 Å². The van der Waals surface area contributed by atoms with Gasteiger partial charge in [-0.1, -0.05) is 66.7 Å². The van der Waals surface area contributed by atoms with Crippen LogP contribution in [0.1, 0.15) is 45.7 Å². The number of benzene rings is 3. The van der Waals surface area contributed by atoms with Gasteiger partial charge in [0.1, 0.15) is 5.75 Å². The van der Waals surface area contributed by atoms with Crippen LogP contribution in [0.2, 0.25) is 0 Å². The van der Waals surface area contributed by atoms with Crippen molar-refractivity contribution in [1.29, 1.82) is 0 Å². The fourth-order valence-corrected chi connectivity index (χ4v) is 2.78. The van der Waals surface area contributed by atoms with Gasteiger partial charge in [0.15, 0.2) is 11.6 Å². The highest BCUT2D eigenvalue weighted by Crippen LogP contribution is 2.23. The van der Waals surface area contributed by atoms with Crippen LogP contribution in [0.3, 0.4) is 0 Å². The van der Waals surface area contributed by atoms with E-state index in [1.807, 2.05) is 6.07 Å². The summed E-state index contributed by atoms with van der Waals surface area (Å²) in [5.74, 6) is -0.143. The molecule has 0 aromatic heterocycles. The Kier molecular flexibility index (Phi) is 6.15. The maximum Gasteiger partial charge on any atom is 0.344 e. The number of Topliss-reactive ketones (excluding diaryl/α,β-unsaturated/α-hetero) is 2. The van der Waals surface area contributed by atoms with Crippen LogP contribution >= 0.6 is 0 Å². The fraction of sp³-hybridized carbons (Fsp3) is 0.0800. The number of ketones is 2. The van der Waals surface area contributed by atoms with E-state index in [9.17, 15) is 14.4 Å². The highest BCUT2D eigenvalue weighted by molar-refractivity contribution is 6.22. The van der Waals surface area contributed by atoms with E-state index >= 15 is 0 Å². The summed E-state index contributed by atoms with van der Waals surface area (Å²) in [6.07, 6.45) is 1.71. The minimum absolute atomic E-state index is 0.0240. The van der Waals surface area contributed by atoms with Gasteiger partial charge in [-0.2, -0.15) is 0 Å².